The Labute approximate surface area is 200 Å². The highest BCUT2D eigenvalue weighted by Crippen LogP contribution is 2.40. The van der Waals surface area contributed by atoms with E-state index in [4.69, 9.17) is 4.74 Å². The molecule has 1 saturated heterocycles. The second-order valence-electron chi connectivity index (χ2n) is 9.31. The lowest BCUT2D eigenvalue weighted by Crippen LogP contribution is -2.32. The van der Waals surface area contributed by atoms with Crippen molar-refractivity contribution in [1.29, 1.82) is 5.26 Å². The zero-order chi connectivity index (χ0) is 23.7. The number of piperidine rings is 1. The molecule has 1 fully saturated rings. The summed E-state index contributed by atoms with van der Waals surface area (Å²) in [6.45, 7) is 9.29. The van der Waals surface area contributed by atoms with Crippen molar-refractivity contribution < 1.29 is 4.74 Å². The molecule has 4 aromatic rings. The van der Waals surface area contributed by atoms with Gasteiger partial charge in [-0.25, -0.2) is 4.98 Å². The molecule has 172 valence electrons. The van der Waals surface area contributed by atoms with E-state index in [0.717, 1.165) is 82.3 Å². The molecule has 0 saturated carbocycles. The number of rotatable bonds is 6. The van der Waals surface area contributed by atoms with Crippen LogP contribution in [0.15, 0.2) is 55.2 Å². The lowest BCUT2D eigenvalue weighted by Gasteiger charge is -2.28. The maximum absolute atomic E-state index is 9.48. The summed E-state index contributed by atoms with van der Waals surface area (Å²) in [5.74, 6) is 1.40. The number of H-pyrrole nitrogens is 1. The second kappa shape index (κ2) is 9.32. The number of pyridine rings is 1. The molecule has 0 radical (unpaired) electrons. The normalized spacial score (nSPS) is 15.0. The van der Waals surface area contributed by atoms with Crippen molar-refractivity contribution in [2.75, 3.05) is 26.7 Å². The van der Waals surface area contributed by atoms with Crippen molar-refractivity contribution >= 4 is 27.5 Å². The number of aromatic nitrogens is 2. The van der Waals surface area contributed by atoms with Crippen LogP contribution in [-0.2, 0) is 0 Å². The van der Waals surface area contributed by atoms with Gasteiger partial charge in [-0.05, 0) is 91.8 Å². The fourth-order valence-electron chi connectivity index (χ4n) is 4.83. The third-order valence-electron chi connectivity index (χ3n) is 7.02. The Balaban J connectivity index is 1.61. The first-order valence-electron chi connectivity index (χ1n) is 12.0. The molecule has 3 heterocycles. The van der Waals surface area contributed by atoms with Crippen molar-refractivity contribution in [3.63, 3.8) is 0 Å². The van der Waals surface area contributed by atoms with Gasteiger partial charge in [0, 0.05) is 17.0 Å². The summed E-state index contributed by atoms with van der Waals surface area (Å²) in [6, 6.07) is 16.8. The van der Waals surface area contributed by atoms with Crippen LogP contribution in [0.25, 0.3) is 38.6 Å². The molecule has 5 heteroatoms. The van der Waals surface area contributed by atoms with Crippen LogP contribution < -0.4 is 4.74 Å². The van der Waals surface area contributed by atoms with Crippen molar-refractivity contribution in [1.82, 2.24) is 14.9 Å². The Kier molecular flexibility index (Phi) is 6.08. The van der Waals surface area contributed by atoms with E-state index in [-0.39, 0.29) is 0 Å². The predicted molar refractivity (Wildman–Crippen MR) is 139 cm³/mol. The molecule has 5 rings (SSSR count). The van der Waals surface area contributed by atoms with Gasteiger partial charge in [0.1, 0.15) is 17.5 Å². The number of nitrogens with zero attached hydrogens (tertiary/aromatic N) is 3. The molecular formula is C29H30N4O. The van der Waals surface area contributed by atoms with Crippen LogP contribution in [0.3, 0.4) is 0 Å². The van der Waals surface area contributed by atoms with Crippen LogP contribution in [-0.4, -0.2) is 41.6 Å². The first-order valence-corrected chi connectivity index (χ1v) is 12.0. The lowest BCUT2D eigenvalue weighted by molar-refractivity contribution is 0.161. The number of allylic oxidation sites excluding steroid dienone is 1. The molecular weight excluding hydrogens is 420 g/mol. The van der Waals surface area contributed by atoms with Gasteiger partial charge in [-0.1, -0.05) is 31.7 Å². The molecule has 0 atom stereocenters. The van der Waals surface area contributed by atoms with Crippen molar-refractivity contribution in [2.24, 2.45) is 5.92 Å². The van der Waals surface area contributed by atoms with E-state index in [9.17, 15) is 5.26 Å². The van der Waals surface area contributed by atoms with E-state index in [0.29, 0.717) is 18.1 Å². The third kappa shape index (κ3) is 4.18. The highest BCUT2D eigenvalue weighted by atomic mass is 16.5. The molecule has 1 aliphatic heterocycles. The predicted octanol–water partition coefficient (Wildman–Crippen LogP) is 6.40. The molecule has 2 aromatic carbocycles. The fraction of sp³-hybridized carbons (Fsp3) is 0.310. The summed E-state index contributed by atoms with van der Waals surface area (Å²) < 4.78 is 6.39. The quantitative estimate of drug-likeness (QED) is 0.369. The van der Waals surface area contributed by atoms with Gasteiger partial charge < -0.3 is 14.6 Å². The standard InChI is InChI=1S/C29H30N4O/c1-4-19(2)22-6-5-7-23(15-22)24-8-9-26(34-18-20-10-12-33(3)13-11-20)28-27(24)25-14-21(16-30)17-31-29(25)32-28/h5-9,14-15,17,20H,2,4,10-13,18H2,1,3H3,(H,31,32). The topological polar surface area (TPSA) is 64.9 Å². The average molecular weight is 451 g/mol. The van der Waals surface area contributed by atoms with Crippen molar-refractivity contribution in [3.8, 4) is 22.9 Å². The average Bonchev–Trinajstić information content (AvgIpc) is 3.27. The number of aromatic amines is 1. The molecule has 2 aromatic heterocycles. The number of nitriles is 1. The van der Waals surface area contributed by atoms with Crippen molar-refractivity contribution in [3.05, 3.63) is 66.4 Å². The van der Waals surface area contributed by atoms with E-state index in [1.807, 2.05) is 6.07 Å². The van der Waals surface area contributed by atoms with E-state index < -0.39 is 0 Å². The number of ether oxygens (including phenoxy) is 1. The smallest absolute Gasteiger partial charge is 0.143 e. The van der Waals surface area contributed by atoms with E-state index in [1.165, 1.54) is 0 Å². The molecule has 0 unspecified atom stereocenters. The Bertz CT molecular complexity index is 1400. The van der Waals surface area contributed by atoms with Gasteiger partial charge in [0.25, 0.3) is 0 Å². The van der Waals surface area contributed by atoms with Gasteiger partial charge >= 0.3 is 0 Å². The Morgan fingerprint density at radius 2 is 2.06 bits per heavy atom. The van der Waals surface area contributed by atoms with Crippen LogP contribution in [0.2, 0.25) is 0 Å². The Hall–Kier alpha value is -3.62. The number of benzene rings is 2. The van der Waals surface area contributed by atoms with Crippen LogP contribution in [0, 0.1) is 17.2 Å². The minimum Gasteiger partial charge on any atom is -0.491 e. The van der Waals surface area contributed by atoms with E-state index in [1.54, 1.807) is 6.20 Å². The van der Waals surface area contributed by atoms with Crippen LogP contribution in [0.5, 0.6) is 5.75 Å². The molecule has 0 bridgehead atoms. The van der Waals surface area contributed by atoms with Gasteiger partial charge in [-0.15, -0.1) is 0 Å². The first kappa shape index (κ1) is 22.2. The summed E-state index contributed by atoms with van der Waals surface area (Å²) in [5.41, 5.74) is 6.71. The SMILES string of the molecule is C=C(CC)c1cccc(-c2ccc(OCC3CCN(C)CC3)c3[nH]c4ncc(C#N)cc4c23)c1. The first-order chi connectivity index (χ1) is 16.6. The van der Waals surface area contributed by atoms with Gasteiger partial charge in [0.2, 0.25) is 0 Å². The van der Waals surface area contributed by atoms with E-state index in [2.05, 4.69) is 77.9 Å². The zero-order valence-corrected chi connectivity index (χ0v) is 19.9. The summed E-state index contributed by atoms with van der Waals surface area (Å²) in [4.78, 5) is 10.4. The summed E-state index contributed by atoms with van der Waals surface area (Å²) in [5, 5.41) is 11.5. The van der Waals surface area contributed by atoms with Crippen LogP contribution in [0.1, 0.15) is 37.3 Å². The minimum absolute atomic E-state index is 0.546. The summed E-state index contributed by atoms with van der Waals surface area (Å²) in [7, 11) is 2.18. The van der Waals surface area contributed by atoms with Crippen molar-refractivity contribution in [2.45, 2.75) is 26.2 Å². The van der Waals surface area contributed by atoms with Gasteiger partial charge in [-0.3, -0.25) is 0 Å². The molecule has 1 N–H and O–H groups in total. The molecule has 1 aliphatic rings. The Morgan fingerprint density at radius 3 is 2.82 bits per heavy atom. The number of nitrogens with one attached hydrogen (secondary N) is 1. The second-order valence-corrected chi connectivity index (χ2v) is 9.31. The number of fused-ring (bicyclic) bond motifs is 3. The van der Waals surface area contributed by atoms with Gasteiger partial charge in [0.05, 0.1) is 17.7 Å². The van der Waals surface area contributed by atoms with E-state index >= 15 is 0 Å². The summed E-state index contributed by atoms with van der Waals surface area (Å²) >= 11 is 0. The number of hydrogen-bond acceptors (Lipinski definition) is 4. The number of hydrogen-bond donors (Lipinski definition) is 1. The highest BCUT2D eigenvalue weighted by molar-refractivity contribution is 6.15. The fourth-order valence-corrected chi connectivity index (χ4v) is 4.83. The molecule has 0 aliphatic carbocycles. The molecule has 0 amide bonds. The lowest BCUT2D eigenvalue weighted by atomic mass is 9.95. The monoisotopic (exact) mass is 450 g/mol. The molecule has 0 spiro atoms. The largest absolute Gasteiger partial charge is 0.491 e. The Morgan fingerprint density at radius 1 is 1.24 bits per heavy atom. The molecule has 5 nitrogen and oxygen atoms in total. The highest BCUT2D eigenvalue weighted by Gasteiger charge is 2.20. The zero-order valence-electron chi connectivity index (χ0n) is 19.9. The van der Waals surface area contributed by atoms with Gasteiger partial charge in [-0.2, -0.15) is 5.26 Å². The molecule has 34 heavy (non-hydrogen) atoms. The maximum atomic E-state index is 9.48. The summed E-state index contributed by atoms with van der Waals surface area (Å²) in [6.07, 6.45) is 4.84. The minimum atomic E-state index is 0.546. The maximum Gasteiger partial charge on any atom is 0.143 e. The number of likely N-dealkylation sites (tertiary alicyclic amines) is 1. The van der Waals surface area contributed by atoms with Crippen LogP contribution >= 0.6 is 0 Å². The third-order valence-corrected chi connectivity index (χ3v) is 7.02. The van der Waals surface area contributed by atoms with Crippen LogP contribution in [0.4, 0.5) is 0 Å². The van der Waals surface area contributed by atoms with Gasteiger partial charge in [0.15, 0.2) is 0 Å².